The summed E-state index contributed by atoms with van der Waals surface area (Å²) in [6.45, 7) is -0.414. The van der Waals surface area contributed by atoms with Gasteiger partial charge in [0.1, 0.15) is 4.90 Å². The Bertz CT molecular complexity index is 761. The summed E-state index contributed by atoms with van der Waals surface area (Å²) in [5.41, 5.74) is 0.571. The summed E-state index contributed by atoms with van der Waals surface area (Å²) >= 11 is 17.6. The van der Waals surface area contributed by atoms with Gasteiger partial charge in [-0.1, -0.05) is 34.8 Å². The number of rotatable bonds is 4. The van der Waals surface area contributed by atoms with Gasteiger partial charge in [0.15, 0.2) is 0 Å². The highest BCUT2D eigenvalue weighted by Crippen LogP contribution is 2.31. The molecule has 0 aliphatic carbocycles. The van der Waals surface area contributed by atoms with Gasteiger partial charge in [-0.3, -0.25) is 4.72 Å². The minimum absolute atomic E-state index is 0.0663. The molecule has 0 saturated heterocycles. The molecule has 0 aliphatic rings. The largest absolute Gasteiger partial charge is 0.392 e. The lowest BCUT2D eigenvalue weighted by Gasteiger charge is -2.12. The van der Waals surface area contributed by atoms with Crippen molar-refractivity contribution in [2.24, 2.45) is 0 Å². The third kappa shape index (κ3) is 3.81. The number of halogens is 3. The summed E-state index contributed by atoms with van der Waals surface area (Å²) in [5, 5.41) is 9.77. The molecule has 0 radical (unpaired) electrons. The van der Waals surface area contributed by atoms with E-state index in [1.54, 1.807) is 12.1 Å². The first-order valence-corrected chi connectivity index (χ1v) is 8.32. The van der Waals surface area contributed by atoms with Crippen molar-refractivity contribution in [1.29, 1.82) is 0 Å². The Hall–Kier alpha value is -0.980. The molecule has 0 aromatic heterocycles. The first kappa shape index (κ1) is 16.4. The van der Waals surface area contributed by atoms with Gasteiger partial charge >= 0.3 is 0 Å². The van der Waals surface area contributed by atoms with Gasteiger partial charge < -0.3 is 5.11 Å². The topological polar surface area (TPSA) is 66.4 Å². The molecule has 21 heavy (non-hydrogen) atoms. The van der Waals surface area contributed by atoms with Crippen LogP contribution in [0.2, 0.25) is 15.1 Å². The van der Waals surface area contributed by atoms with Crippen molar-refractivity contribution in [2.75, 3.05) is 4.72 Å². The number of aliphatic hydroxyl groups is 1. The fourth-order valence-electron chi connectivity index (χ4n) is 1.66. The molecule has 0 unspecified atom stereocenters. The van der Waals surface area contributed by atoms with Crippen molar-refractivity contribution in [3.63, 3.8) is 0 Å². The van der Waals surface area contributed by atoms with Crippen molar-refractivity contribution < 1.29 is 13.5 Å². The van der Waals surface area contributed by atoms with Gasteiger partial charge in [-0.05, 0) is 42.0 Å². The molecule has 0 spiro atoms. The molecule has 0 saturated carbocycles. The highest BCUT2D eigenvalue weighted by Gasteiger charge is 2.21. The molecule has 112 valence electrons. The summed E-state index contributed by atoms with van der Waals surface area (Å²) in [4.78, 5) is -0.198. The molecule has 0 fully saturated rings. The van der Waals surface area contributed by atoms with Crippen molar-refractivity contribution in [1.82, 2.24) is 0 Å². The van der Waals surface area contributed by atoms with E-state index in [4.69, 9.17) is 34.8 Å². The predicted octanol–water partition coefficient (Wildman–Crippen LogP) is 3.94. The van der Waals surface area contributed by atoms with E-state index in [-0.39, 0.29) is 20.5 Å². The molecule has 2 aromatic rings. The molecule has 2 N–H and O–H groups in total. The van der Waals surface area contributed by atoms with Crippen LogP contribution in [0.4, 0.5) is 5.69 Å². The van der Waals surface area contributed by atoms with E-state index in [0.29, 0.717) is 10.7 Å². The normalized spacial score (nSPS) is 11.4. The second kappa shape index (κ2) is 6.42. The van der Waals surface area contributed by atoms with E-state index >= 15 is 0 Å². The molecule has 8 heteroatoms. The third-order valence-electron chi connectivity index (χ3n) is 2.64. The van der Waals surface area contributed by atoms with Gasteiger partial charge in [0.2, 0.25) is 0 Å². The zero-order valence-electron chi connectivity index (χ0n) is 10.5. The van der Waals surface area contributed by atoms with Crippen LogP contribution in [-0.2, 0) is 16.6 Å². The van der Waals surface area contributed by atoms with E-state index in [1.807, 2.05) is 0 Å². The summed E-state index contributed by atoms with van der Waals surface area (Å²) in [6, 6.07) is 8.78. The number of hydrogen-bond donors (Lipinski definition) is 2. The third-order valence-corrected chi connectivity index (χ3v) is 5.07. The molecule has 0 bridgehead atoms. The Balaban J connectivity index is 2.44. The minimum atomic E-state index is -3.93. The highest BCUT2D eigenvalue weighted by molar-refractivity contribution is 7.92. The predicted molar refractivity (Wildman–Crippen MR) is 84.6 cm³/mol. The molecule has 0 amide bonds. The van der Waals surface area contributed by atoms with E-state index < -0.39 is 16.6 Å². The van der Waals surface area contributed by atoms with Crippen LogP contribution in [0, 0.1) is 0 Å². The smallest absolute Gasteiger partial charge is 0.263 e. The second-order valence-corrected chi connectivity index (χ2v) is 7.05. The van der Waals surface area contributed by atoms with Crippen LogP contribution < -0.4 is 4.72 Å². The molecule has 0 heterocycles. The standard InChI is InChI=1S/C13H10Cl3NO3S/c14-9-1-3-11(4-2-9)17-21(19,20)12-6-10(15)5-8(7-18)13(12)16/h1-6,17-18H,7H2. The van der Waals surface area contributed by atoms with Gasteiger partial charge in [-0.2, -0.15) is 0 Å². The lowest BCUT2D eigenvalue weighted by Crippen LogP contribution is -2.14. The maximum Gasteiger partial charge on any atom is 0.263 e. The fourth-order valence-corrected chi connectivity index (χ4v) is 3.77. The highest BCUT2D eigenvalue weighted by atomic mass is 35.5. The maximum absolute atomic E-state index is 12.4. The first-order chi connectivity index (χ1) is 9.83. The molecule has 0 atom stereocenters. The Kier molecular flexibility index (Phi) is 5.01. The summed E-state index contributed by atoms with van der Waals surface area (Å²) < 4.78 is 27.1. The second-order valence-electron chi connectivity index (χ2n) is 4.15. The fraction of sp³-hybridized carbons (Fsp3) is 0.0769. The summed E-state index contributed by atoms with van der Waals surface area (Å²) in [5.74, 6) is 0. The van der Waals surface area contributed by atoms with E-state index in [9.17, 15) is 13.5 Å². The lowest BCUT2D eigenvalue weighted by atomic mass is 10.2. The Morgan fingerprint density at radius 3 is 2.19 bits per heavy atom. The zero-order valence-corrected chi connectivity index (χ0v) is 13.6. The molecule has 0 aliphatic heterocycles. The summed E-state index contributed by atoms with van der Waals surface area (Å²) in [6.07, 6.45) is 0. The molecule has 2 aromatic carbocycles. The number of benzene rings is 2. The molecule has 2 rings (SSSR count). The van der Waals surface area contributed by atoms with Gasteiger partial charge in [0, 0.05) is 15.7 Å². The van der Waals surface area contributed by atoms with Crippen LogP contribution in [-0.4, -0.2) is 13.5 Å². The lowest BCUT2D eigenvalue weighted by molar-refractivity contribution is 0.281. The average Bonchev–Trinajstić information content (AvgIpc) is 2.43. The van der Waals surface area contributed by atoms with Crippen LogP contribution in [0.15, 0.2) is 41.3 Å². The van der Waals surface area contributed by atoms with Crippen molar-refractivity contribution in [2.45, 2.75) is 11.5 Å². The number of anilines is 1. The Morgan fingerprint density at radius 1 is 1.00 bits per heavy atom. The monoisotopic (exact) mass is 365 g/mol. The van der Waals surface area contributed by atoms with Crippen LogP contribution in [0.5, 0.6) is 0 Å². The SMILES string of the molecule is O=S(=O)(Nc1ccc(Cl)cc1)c1cc(Cl)cc(CO)c1Cl. The van der Waals surface area contributed by atoms with Crippen molar-refractivity contribution in [3.05, 3.63) is 57.0 Å². The van der Waals surface area contributed by atoms with Gasteiger partial charge in [0.25, 0.3) is 10.0 Å². The quantitative estimate of drug-likeness (QED) is 0.861. The van der Waals surface area contributed by atoms with Gasteiger partial charge in [-0.25, -0.2) is 8.42 Å². The number of hydrogen-bond acceptors (Lipinski definition) is 3. The number of nitrogens with one attached hydrogen (secondary N) is 1. The van der Waals surface area contributed by atoms with E-state index in [2.05, 4.69) is 4.72 Å². The average molecular weight is 367 g/mol. The van der Waals surface area contributed by atoms with Crippen LogP contribution in [0.3, 0.4) is 0 Å². The van der Waals surface area contributed by atoms with Crippen LogP contribution in [0.25, 0.3) is 0 Å². The van der Waals surface area contributed by atoms with Crippen molar-refractivity contribution >= 4 is 50.5 Å². The minimum Gasteiger partial charge on any atom is -0.392 e. The zero-order chi connectivity index (χ0) is 15.6. The van der Waals surface area contributed by atoms with Crippen LogP contribution in [0.1, 0.15) is 5.56 Å². The van der Waals surface area contributed by atoms with E-state index in [0.717, 1.165) is 0 Å². The number of aliphatic hydroxyl groups excluding tert-OH is 1. The molecular weight excluding hydrogens is 357 g/mol. The molecular formula is C13H10Cl3NO3S. The van der Waals surface area contributed by atoms with E-state index in [1.165, 1.54) is 24.3 Å². The Morgan fingerprint density at radius 2 is 1.62 bits per heavy atom. The Labute approximate surface area is 137 Å². The first-order valence-electron chi connectivity index (χ1n) is 5.70. The van der Waals surface area contributed by atoms with Gasteiger partial charge in [0.05, 0.1) is 11.6 Å². The van der Waals surface area contributed by atoms with Crippen LogP contribution >= 0.6 is 34.8 Å². The molecule has 4 nitrogen and oxygen atoms in total. The van der Waals surface area contributed by atoms with Gasteiger partial charge in [-0.15, -0.1) is 0 Å². The summed E-state index contributed by atoms with van der Waals surface area (Å²) in [7, 11) is -3.93. The van der Waals surface area contributed by atoms with Crippen molar-refractivity contribution in [3.8, 4) is 0 Å². The number of sulfonamides is 1. The maximum atomic E-state index is 12.4.